The van der Waals surface area contributed by atoms with Gasteiger partial charge in [-0.25, -0.2) is 9.07 Å². The van der Waals surface area contributed by atoms with Crippen LogP contribution in [0.15, 0.2) is 77.6 Å². The fourth-order valence-electron chi connectivity index (χ4n) is 4.05. The van der Waals surface area contributed by atoms with Crippen molar-refractivity contribution in [3.8, 4) is 0 Å². The number of fused-ring (bicyclic) bond motifs is 1. The third-order valence-corrected chi connectivity index (χ3v) is 5.92. The molecule has 0 atom stereocenters. The molecule has 0 N–H and O–H groups in total. The molecule has 1 aliphatic rings. The topological polar surface area (TPSA) is 71.3 Å². The Labute approximate surface area is 189 Å². The summed E-state index contributed by atoms with van der Waals surface area (Å²) in [5.41, 5.74) is 2.80. The molecule has 5 rings (SSSR count). The number of hydrogen-bond acceptors (Lipinski definition) is 5. The molecule has 0 spiro atoms. The summed E-state index contributed by atoms with van der Waals surface area (Å²) in [6.07, 6.45) is 0. The lowest BCUT2D eigenvalue weighted by Gasteiger charge is -2.36. The third-order valence-electron chi connectivity index (χ3n) is 5.92. The van der Waals surface area contributed by atoms with Crippen LogP contribution in [-0.4, -0.2) is 52.0 Å². The minimum absolute atomic E-state index is 0.0250. The molecule has 2 heterocycles. The Balaban J connectivity index is 1.23. The van der Waals surface area contributed by atoms with Crippen LogP contribution in [0.2, 0.25) is 0 Å². The molecule has 0 unspecified atom stereocenters. The highest BCUT2D eigenvalue weighted by Gasteiger charge is 2.22. The Morgan fingerprint density at radius 1 is 0.879 bits per heavy atom. The van der Waals surface area contributed by atoms with Crippen molar-refractivity contribution in [1.29, 1.82) is 0 Å². The first-order chi connectivity index (χ1) is 16.1. The van der Waals surface area contributed by atoms with E-state index in [1.54, 1.807) is 42.5 Å². The van der Waals surface area contributed by atoms with Crippen LogP contribution < -0.4 is 10.5 Å². The fraction of sp³-hybridized carbons (Fsp3) is 0.200. The van der Waals surface area contributed by atoms with Crippen LogP contribution >= 0.6 is 0 Å². The van der Waals surface area contributed by atoms with Crippen LogP contribution in [0.25, 0.3) is 10.9 Å². The molecule has 1 aliphatic heterocycles. The van der Waals surface area contributed by atoms with E-state index < -0.39 is 0 Å². The highest BCUT2D eigenvalue weighted by Crippen LogP contribution is 2.18. The molecule has 0 aliphatic carbocycles. The van der Waals surface area contributed by atoms with Gasteiger partial charge in [0.05, 0.1) is 11.9 Å². The Bertz CT molecular complexity index is 1340. The molecule has 7 nitrogen and oxygen atoms in total. The van der Waals surface area contributed by atoms with Gasteiger partial charge in [0, 0.05) is 37.4 Å². The number of carbonyl (C=O) groups is 1. The molecule has 33 heavy (non-hydrogen) atoms. The molecule has 1 saturated heterocycles. The van der Waals surface area contributed by atoms with Gasteiger partial charge in [0.2, 0.25) is 0 Å². The van der Waals surface area contributed by atoms with Crippen molar-refractivity contribution < 1.29 is 9.18 Å². The first-order valence-corrected chi connectivity index (χ1v) is 10.8. The van der Waals surface area contributed by atoms with Crippen molar-refractivity contribution >= 4 is 22.5 Å². The SMILES string of the molecule is O=C(c1ccc(Cn2nnc3ccccc3c2=O)cc1)N1CCN(c2ccc(F)cc2)CC1. The van der Waals surface area contributed by atoms with Gasteiger partial charge in [0.25, 0.3) is 11.5 Å². The second-order valence-electron chi connectivity index (χ2n) is 8.02. The van der Waals surface area contributed by atoms with Crippen LogP contribution in [0.4, 0.5) is 10.1 Å². The summed E-state index contributed by atoms with van der Waals surface area (Å²) in [4.78, 5) is 29.6. The van der Waals surface area contributed by atoms with Gasteiger partial charge in [0.15, 0.2) is 0 Å². The highest BCUT2D eigenvalue weighted by molar-refractivity contribution is 5.94. The third kappa shape index (κ3) is 4.32. The van der Waals surface area contributed by atoms with E-state index >= 15 is 0 Å². The number of rotatable bonds is 4. The quantitative estimate of drug-likeness (QED) is 0.485. The zero-order valence-electron chi connectivity index (χ0n) is 17.9. The van der Waals surface area contributed by atoms with Gasteiger partial charge in [0.1, 0.15) is 11.3 Å². The standard InChI is InChI=1S/C25H22FN5O2/c26-20-9-11-21(12-10-20)29-13-15-30(16-14-29)24(32)19-7-5-18(6-8-19)17-31-25(33)22-3-1-2-4-23(22)27-28-31/h1-12H,13-17H2. The average molecular weight is 443 g/mol. The van der Waals surface area contributed by atoms with Crippen LogP contribution in [0, 0.1) is 5.82 Å². The van der Waals surface area contributed by atoms with E-state index in [1.807, 2.05) is 23.1 Å². The van der Waals surface area contributed by atoms with E-state index in [4.69, 9.17) is 0 Å². The van der Waals surface area contributed by atoms with Crippen LogP contribution in [0.1, 0.15) is 15.9 Å². The number of halogens is 1. The van der Waals surface area contributed by atoms with Crippen molar-refractivity contribution in [2.24, 2.45) is 0 Å². The minimum atomic E-state index is -0.256. The summed E-state index contributed by atoms with van der Waals surface area (Å²) in [6, 6.07) is 20.8. The summed E-state index contributed by atoms with van der Waals surface area (Å²) in [5.74, 6) is -0.281. The molecule has 166 valence electrons. The second kappa shape index (κ2) is 8.82. The van der Waals surface area contributed by atoms with Crippen molar-refractivity contribution in [1.82, 2.24) is 19.9 Å². The fourth-order valence-corrected chi connectivity index (χ4v) is 4.05. The van der Waals surface area contributed by atoms with Gasteiger partial charge >= 0.3 is 0 Å². The van der Waals surface area contributed by atoms with Gasteiger partial charge in [-0.2, -0.15) is 0 Å². The number of nitrogens with zero attached hydrogens (tertiary/aromatic N) is 5. The molecule has 1 fully saturated rings. The summed E-state index contributed by atoms with van der Waals surface area (Å²) in [5, 5.41) is 8.66. The molecule has 4 aromatic rings. The number of benzene rings is 3. The molecule has 0 bridgehead atoms. The predicted octanol–water partition coefficient (Wildman–Crippen LogP) is 2.94. The Morgan fingerprint density at radius 3 is 2.30 bits per heavy atom. The maximum absolute atomic E-state index is 13.1. The number of piperazine rings is 1. The first-order valence-electron chi connectivity index (χ1n) is 10.8. The van der Waals surface area contributed by atoms with Gasteiger partial charge in [-0.15, -0.1) is 5.10 Å². The predicted molar refractivity (Wildman–Crippen MR) is 124 cm³/mol. The number of aromatic nitrogens is 3. The van der Waals surface area contributed by atoms with Crippen molar-refractivity contribution in [2.75, 3.05) is 31.1 Å². The Kier molecular flexibility index (Phi) is 5.56. The van der Waals surface area contributed by atoms with Gasteiger partial charge in [-0.3, -0.25) is 9.59 Å². The zero-order chi connectivity index (χ0) is 22.8. The monoisotopic (exact) mass is 443 g/mol. The van der Waals surface area contributed by atoms with Crippen LogP contribution in [-0.2, 0) is 6.54 Å². The van der Waals surface area contributed by atoms with E-state index in [0.717, 1.165) is 11.3 Å². The normalized spacial score (nSPS) is 14.0. The number of amides is 1. The van der Waals surface area contributed by atoms with E-state index in [1.165, 1.54) is 16.8 Å². The average Bonchev–Trinajstić information content (AvgIpc) is 2.86. The zero-order valence-corrected chi connectivity index (χ0v) is 17.9. The lowest BCUT2D eigenvalue weighted by Crippen LogP contribution is -2.48. The molecule has 0 radical (unpaired) electrons. The molecule has 8 heteroatoms. The van der Waals surface area contributed by atoms with Gasteiger partial charge in [-0.05, 0) is 54.1 Å². The molecule has 3 aromatic carbocycles. The van der Waals surface area contributed by atoms with Crippen LogP contribution in [0.3, 0.4) is 0 Å². The van der Waals surface area contributed by atoms with E-state index in [-0.39, 0.29) is 23.8 Å². The van der Waals surface area contributed by atoms with Gasteiger partial charge in [-0.1, -0.05) is 29.5 Å². The second-order valence-corrected chi connectivity index (χ2v) is 8.02. The van der Waals surface area contributed by atoms with E-state index in [2.05, 4.69) is 15.2 Å². The number of carbonyl (C=O) groups excluding carboxylic acids is 1. The van der Waals surface area contributed by atoms with Gasteiger partial charge < -0.3 is 9.80 Å². The summed E-state index contributed by atoms with van der Waals surface area (Å²) in [7, 11) is 0. The number of anilines is 1. The summed E-state index contributed by atoms with van der Waals surface area (Å²) < 4.78 is 14.5. The van der Waals surface area contributed by atoms with Crippen molar-refractivity contribution in [3.05, 3.63) is 100 Å². The highest BCUT2D eigenvalue weighted by atomic mass is 19.1. The van der Waals surface area contributed by atoms with Crippen LogP contribution in [0.5, 0.6) is 0 Å². The molecular weight excluding hydrogens is 421 g/mol. The number of hydrogen-bond donors (Lipinski definition) is 0. The maximum atomic E-state index is 13.1. The first kappa shape index (κ1) is 20.8. The van der Waals surface area contributed by atoms with Crippen molar-refractivity contribution in [2.45, 2.75) is 6.54 Å². The maximum Gasteiger partial charge on any atom is 0.277 e. The smallest absolute Gasteiger partial charge is 0.277 e. The molecule has 1 amide bonds. The summed E-state index contributed by atoms with van der Waals surface area (Å²) >= 11 is 0. The molecular formula is C25H22FN5O2. The largest absolute Gasteiger partial charge is 0.368 e. The van der Waals surface area contributed by atoms with E-state index in [9.17, 15) is 14.0 Å². The molecule has 0 saturated carbocycles. The summed E-state index contributed by atoms with van der Waals surface area (Å²) in [6.45, 7) is 2.86. The lowest BCUT2D eigenvalue weighted by molar-refractivity contribution is 0.0747. The molecule has 1 aromatic heterocycles. The van der Waals surface area contributed by atoms with Crippen molar-refractivity contribution in [3.63, 3.8) is 0 Å². The Hall–Kier alpha value is -4.07. The minimum Gasteiger partial charge on any atom is -0.368 e. The Morgan fingerprint density at radius 2 is 1.58 bits per heavy atom. The van der Waals surface area contributed by atoms with E-state index in [0.29, 0.717) is 42.6 Å². The lowest BCUT2D eigenvalue weighted by atomic mass is 10.1.